The lowest BCUT2D eigenvalue weighted by atomic mass is 9.76. The van der Waals surface area contributed by atoms with Gasteiger partial charge in [0, 0.05) is 0 Å². The molecule has 0 amide bonds. The highest BCUT2D eigenvalue weighted by Crippen LogP contribution is 2.69. The Hall–Kier alpha value is 0. The van der Waals surface area contributed by atoms with Crippen molar-refractivity contribution in [2.45, 2.75) is 58.3 Å². The second-order valence-electron chi connectivity index (χ2n) is 5.89. The van der Waals surface area contributed by atoms with Crippen LogP contribution in [0, 0.1) is 23.2 Å². The van der Waals surface area contributed by atoms with Crippen LogP contribution in [0.25, 0.3) is 0 Å². The van der Waals surface area contributed by atoms with Crippen molar-refractivity contribution in [1.82, 2.24) is 0 Å². The van der Waals surface area contributed by atoms with E-state index >= 15 is 0 Å². The van der Waals surface area contributed by atoms with Crippen molar-refractivity contribution in [3.63, 3.8) is 0 Å². The molecule has 3 aliphatic carbocycles. The summed E-state index contributed by atoms with van der Waals surface area (Å²) in [6.07, 6.45) is 12.5. The maximum absolute atomic E-state index is 2.53. The van der Waals surface area contributed by atoms with Gasteiger partial charge < -0.3 is 0 Å². The van der Waals surface area contributed by atoms with Crippen LogP contribution in [-0.2, 0) is 0 Å². The Morgan fingerprint density at radius 1 is 1.00 bits per heavy atom. The van der Waals surface area contributed by atoms with Crippen LogP contribution in [0.1, 0.15) is 58.3 Å². The Morgan fingerprint density at radius 2 is 1.85 bits per heavy atom. The van der Waals surface area contributed by atoms with Crippen molar-refractivity contribution >= 4 is 0 Å². The van der Waals surface area contributed by atoms with E-state index in [1.165, 1.54) is 25.2 Å². The van der Waals surface area contributed by atoms with Crippen LogP contribution in [0.4, 0.5) is 0 Å². The van der Waals surface area contributed by atoms with E-state index in [0.29, 0.717) is 0 Å². The summed E-state index contributed by atoms with van der Waals surface area (Å²) in [5.41, 5.74) is 0.903. The maximum Gasteiger partial charge on any atom is -0.0235 e. The van der Waals surface area contributed by atoms with Gasteiger partial charge in [-0.15, -0.1) is 0 Å². The Bertz CT molecular complexity index is 208. The quantitative estimate of drug-likeness (QED) is 0.526. The molecular weight excluding hydrogens is 156 g/mol. The second-order valence-corrected chi connectivity index (χ2v) is 5.89. The molecule has 0 aromatic rings. The van der Waals surface area contributed by atoms with Gasteiger partial charge in [0.1, 0.15) is 0 Å². The molecule has 1 spiro atoms. The summed E-state index contributed by atoms with van der Waals surface area (Å²) in [5, 5.41) is 0. The molecular formula is C13H22. The SMILES string of the molecule is CC1CCCCC2CC23CCCC13. The Kier molecular flexibility index (Phi) is 1.76. The molecule has 74 valence electrons. The fraction of sp³-hybridized carbons (Fsp3) is 1.00. The molecule has 0 saturated heterocycles. The molecule has 3 aliphatic rings. The number of hydrogen-bond donors (Lipinski definition) is 0. The summed E-state index contributed by atoms with van der Waals surface area (Å²) >= 11 is 0. The topological polar surface area (TPSA) is 0 Å². The van der Waals surface area contributed by atoms with E-state index in [1.807, 2.05) is 0 Å². The van der Waals surface area contributed by atoms with Crippen LogP contribution in [0.3, 0.4) is 0 Å². The summed E-state index contributed by atoms with van der Waals surface area (Å²) in [4.78, 5) is 0. The molecule has 3 saturated carbocycles. The van der Waals surface area contributed by atoms with E-state index in [0.717, 1.165) is 17.3 Å². The molecule has 0 nitrogen and oxygen atoms in total. The first-order valence-electron chi connectivity index (χ1n) is 6.33. The third-order valence-corrected chi connectivity index (χ3v) is 5.32. The van der Waals surface area contributed by atoms with Crippen molar-refractivity contribution in [1.29, 1.82) is 0 Å². The van der Waals surface area contributed by atoms with Crippen molar-refractivity contribution in [2.24, 2.45) is 23.2 Å². The first-order chi connectivity index (χ1) is 6.33. The molecule has 0 bridgehead atoms. The second kappa shape index (κ2) is 2.74. The zero-order valence-electron chi connectivity index (χ0n) is 8.89. The molecule has 13 heavy (non-hydrogen) atoms. The van der Waals surface area contributed by atoms with Crippen LogP contribution in [0.15, 0.2) is 0 Å². The van der Waals surface area contributed by atoms with Gasteiger partial charge in [-0.3, -0.25) is 0 Å². The first kappa shape index (κ1) is 8.32. The molecule has 3 rings (SSSR count). The highest BCUT2D eigenvalue weighted by Gasteiger charge is 2.60. The highest BCUT2D eigenvalue weighted by molar-refractivity contribution is 5.10. The summed E-state index contributed by atoms with van der Waals surface area (Å²) < 4.78 is 0. The summed E-state index contributed by atoms with van der Waals surface area (Å²) in [6.45, 7) is 2.53. The summed E-state index contributed by atoms with van der Waals surface area (Å²) in [7, 11) is 0. The van der Waals surface area contributed by atoms with Gasteiger partial charge in [-0.2, -0.15) is 0 Å². The molecule has 4 atom stereocenters. The lowest BCUT2D eigenvalue weighted by molar-refractivity contribution is 0.206. The molecule has 0 heterocycles. The van der Waals surface area contributed by atoms with Crippen LogP contribution < -0.4 is 0 Å². The van der Waals surface area contributed by atoms with E-state index in [9.17, 15) is 0 Å². The summed E-state index contributed by atoms with van der Waals surface area (Å²) in [6, 6.07) is 0. The van der Waals surface area contributed by atoms with Crippen LogP contribution in [0.2, 0.25) is 0 Å². The molecule has 4 unspecified atom stereocenters. The summed E-state index contributed by atoms with van der Waals surface area (Å²) in [5.74, 6) is 3.35. The van der Waals surface area contributed by atoms with Gasteiger partial charge in [-0.05, 0) is 48.9 Å². The van der Waals surface area contributed by atoms with Gasteiger partial charge in [0.25, 0.3) is 0 Å². The van der Waals surface area contributed by atoms with Gasteiger partial charge in [0.15, 0.2) is 0 Å². The molecule has 0 N–H and O–H groups in total. The van der Waals surface area contributed by atoms with Crippen LogP contribution >= 0.6 is 0 Å². The highest BCUT2D eigenvalue weighted by atomic mass is 14.7. The first-order valence-corrected chi connectivity index (χ1v) is 6.33. The lowest BCUT2D eigenvalue weighted by Crippen LogP contribution is -2.21. The van der Waals surface area contributed by atoms with E-state index in [4.69, 9.17) is 0 Å². The molecule has 3 fully saturated rings. The smallest absolute Gasteiger partial charge is 0.0235 e. The van der Waals surface area contributed by atoms with Crippen molar-refractivity contribution in [2.75, 3.05) is 0 Å². The Labute approximate surface area is 82.1 Å². The van der Waals surface area contributed by atoms with E-state index in [2.05, 4.69) is 6.92 Å². The van der Waals surface area contributed by atoms with Gasteiger partial charge in [0.05, 0.1) is 0 Å². The number of rotatable bonds is 0. The Balaban J connectivity index is 1.83. The average Bonchev–Trinajstić information content (AvgIpc) is 2.56. The molecule has 0 aromatic heterocycles. The van der Waals surface area contributed by atoms with E-state index in [1.54, 1.807) is 32.1 Å². The number of hydrogen-bond acceptors (Lipinski definition) is 0. The molecule has 0 heteroatoms. The molecule has 0 aliphatic heterocycles. The van der Waals surface area contributed by atoms with E-state index < -0.39 is 0 Å². The van der Waals surface area contributed by atoms with Crippen LogP contribution in [-0.4, -0.2) is 0 Å². The third kappa shape index (κ3) is 1.10. The monoisotopic (exact) mass is 178 g/mol. The maximum atomic E-state index is 2.53. The van der Waals surface area contributed by atoms with Crippen molar-refractivity contribution in [3.8, 4) is 0 Å². The molecule has 0 aromatic carbocycles. The Morgan fingerprint density at radius 3 is 2.77 bits per heavy atom. The van der Waals surface area contributed by atoms with E-state index in [-0.39, 0.29) is 0 Å². The fourth-order valence-corrected chi connectivity index (χ4v) is 4.58. The standard InChI is InChI=1S/C13H22/c1-10-5-2-3-6-11-9-13(11)8-4-7-12(10)13/h10-12H,2-9H2,1H3. The minimum absolute atomic E-state index is 0.903. The van der Waals surface area contributed by atoms with Gasteiger partial charge in [0.2, 0.25) is 0 Å². The van der Waals surface area contributed by atoms with Gasteiger partial charge in [-0.1, -0.05) is 32.6 Å². The largest absolute Gasteiger partial charge is 0.0622 e. The fourth-order valence-electron chi connectivity index (χ4n) is 4.58. The predicted molar refractivity (Wildman–Crippen MR) is 55.5 cm³/mol. The average molecular weight is 178 g/mol. The predicted octanol–water partition coefficient (Wildman–Crippen LogP) is 4.00. The lowest BCUT2D eigenvalue weighted by Gasteiger charge is -2.29. The van der Waals surface area contributed by atoms with Crippen LogP contribution in [0.5, 0.6) is 0 Å². The van der Waals surface area contributed by atoms with Crippen molar-refractivity contribution in [3.05, 3.63) is 0 Å². The zero-order chi connectivity index (χ0) is 8.89. The normalized spacial score (nSPS) is 54.7. The zero-order valence-corrected chi connectivity index (χ0v) is 8.89. The minimum Gasteiger partial charge on any atom is -0.0622 e. The third-order valence-electron chi connectivity index (χ3n) is 5.32. The van der Waals surface area contributed by atoms with Gasteiger partial charge >= 0.3 is 0 Å². The minimum atomic E-state index is 0.903. The van der Waals surface area contributed by atoms with Crippen molar-refractivity contribution < 1.29 is 0 Å². The van der Waals surface area contributed by atoms with Gasteiger partial charge in [-0.25, -0.2) is 0 Å². The molecule has 0 radical (unpaired) electrons.